The van der Waals surface area contributed by atoms with E-state index in [2.05, 4.69) is 0 Å². The van der Waals surface area contributed by atoms with Gasteiger partial charge in [0.05, 0.1) is 18.8 Å². The molecule has 2 rings (SSSR count). The summed E-state index contributed by atoms with van der Waals surface area (Å²) in [6.07, 6.45) is 0. The Morgan fingerprint density at radius 1 is 1.33 bits per heavy atom. The molecular weight excluding hydrogens is 249 g/mol. The number of aliphatic hydroxyl groups is 1. The lowest BCUT2D eigenvalue weighted by Crippen LogP contribution is -2.22. The summed E-state index contributed by atoms with van der Waals surface area (Å²) in [5.74, 6) is -0.278. The van der Waals surface area contributed by atoms with Crippen molar-refractivity contribution in [3.8, 4) is 0 Å². The van der Waals surface area contributed by atoms with E-state index in [4.69, 9.17) is 5.11 Å². The molecule has 2 aromatic rings. The van der Waals surface area contributed by atoms with Crippen molar-refractivity contribution >= 4 is 17.0 Å². The van der Waals surface area contributed by atoms with E-state index >= 15 is 0 Å². The first kappa shape index (κ1) is 13.1. The lowest BCUT2D eigenvalue weighted by molar-refractivity contribution is 0.281. The summed E-state index contributed by atoms with van der Waals surface area (Å²) in [5, 5.41) is 11.0. The molecule has 0 amide bonds. The second-order valence-electron chi connectivity index (χ2n) is 4.04. The van der Waals surface area contributed by atoms with Crippen LogP contribution in [0.15, 0.2) is 35.7 Å². The van der Waals surface area contributed by atoms with Crippen LogP contribution in [0.1, 0.15) is 17.4 Å². The Hall–Kier alpha value is -1.39. The normalized spacial score (nSPS) is 10.6. The van der Waals surface area contributed by atoms with Crippen LogP contribution in [0.3, 0.4) is 0 Å². The average molecular weight is 265 g/mol. The zero-order chi connectivity index (χ0) is 13.0. The van der Waals surface area contributed by atoms with Gasteiger partial charge >= 0.3 is 0 Å². The standard InChI is InChI=1S/C14H16FNOS/c1-2-16(9-12-4-3-7-18-12)14-6-5-11(10-17)8-13(14)15/h3-8,17H,2,9-10H2,1H3. The highest BCUT2D eigenvalue weighted by molar-refractivity contribution is 7.09. The van der Waals surface area contributed by atoms with Gasteiger partial charge < -0.3 is 10.0 Å². The molecular formula is C14H16FNOS. The molecule has 0 bridgehead atoms. The molecule has 0 atom stereocenters. The second-order valence-corrected chi connectivity index (χ2v) is 5.07. The molecule has 0 unspecified atom stereocenters. The van der Waals surface area contributed by atoms with Crippen molar-refractivity contribution < 1.29 is 9.50 Å². The van der Waals surface area contributed by atoms with Gasteiger partial charge in [0.15, 0.2) is 0 Å². The van der Waals surface area contributed by atoms with Crippen LogP contribution in [-0.2, 0) is 13.2 Å². The third-order valence-corrected chi connectivity index (χ3v) is 3.71. The fourth-order valence-electron chi connectivity index (χ4n) is 1.86. The minimum absolute atomic E-state index is 0.131. The van der Waals surface area contributed by atoms with Crippen LogP contribution in [0.4, 0.5) is 10.1 Å². The predicted molar refractivity (Wildman–Crippen MR) is 73.4 cm³/mol. The highest BCUT2D eigenvalue weighted by atomic mass is 32.1. The molecule has 0 aliphatic carbocycles. The molecule has 18 heavy (non-hydrogen) atoms. The Balaban J connectivity index is 2.22. The molecule has 0 saturated heterocycles. The van der Waals surface area contributed by atoms with Crippen LogP contribution in [-0.4, -0.2) is 11.7 Å². The van der Waals surface area contributed by atoms with Crippen molar-refractivity contribution in [3.63, 3.8) is 0 Å². The molecule has 0 fully saturated rings. The maximum Gasteiger partial charge on any atom is 0.146 e. The van der Waals surface area contributed by atoms with Gasteiger partial charge in [-0.15, -0.1) is 11.3 Å². The van der Waals surface area contributed by atoms with Gasteiger partial charge in [0.2, 0.25) is 0 Å². The molecule has 1 aromatic carbocycles. The number of nitrogens with zero attached hydrogens (tertiary/aromatic N) is 1. The summed E-state index contributed by atoms with van der Waals surface area (Å²) < 4.78 is 14.0. The van der Waals surface area contributed by atoms with E-state index in [9.17, 15) is 4.39 Å². The van der Waals surface area contributed by atoms with Crippen LogP contribution in [0.25, 0.3) is 0 Å². The summed E-state index contributed by atoms with van der Waals surface area (Å²) in [5.41, 5.74) is 1.19. The zero-order valence-corrected chi connectivity index (χ0v) is 11.1. The van der Waals surface area contributed by atoms with Gasteiger partial charge in [0.25, 0.3) is 0 Å². The van der Waals surface area contributed by atoms with Crippen LogP contribution >= 0.6 is 11.3 Å². The Bertz CT molecular complexity index is 499. The first-order valence-electron chi connectivity index (χ1n) is 5.91. The van der Waals surface area contributed by atoms with Crippen LogP contribution < -0.4 is 4.90 Å². The molecule has 0 radical (unpaired) electrons. The summed E-state index contributed by atoms with van der Waals surface area (Å²) in [6.45, 7) is 3.33. The largest absolute Gasteiger partial charge is 0.392 e. The summed E-state index contributed by atoms with van der Waals surface area (Å²) >= 11 is 1.67. The number of halogens is 1. The number of anilines is 1. The van der Waals surface area contributed by atoms with Crippen LogP contribution in [0, 0.1) is 5.82 Å². The third kappa shape index (κ3) is 2.89. The molecule has 0 saturated carbocycles. The van der Waals surface area contributed by atoms with Crippen molar-refractivity contribution in [1.29, 1.82) is 0 Å². The lowest BCUT2D eigenvalue weighted by Gasteiger charge is -2.23. The summed E-state index contributed by atoms with van der Waals surface area (Å²) in [4.78, 5) is 3.20. The number of aliphatic hydroxyl groups excluding tert-OH is 1. The minimum atomic E-state index is -0.278. The summed E-state index contributed by atoms with van der Waals surface area (Å²) in [6, 6.07) is 8.94. The molecule has 2 nitrogen and oxygen atoms in total. The van der Waals surface area contributed by atoms with E-state index in [-0.39, 0.29) is 12.4 Å². The first-order chi connectivity index (χ1) is 8.74. The van der Waals surface area contributed by atoms with E-state index in [1.54, 1.807) is 23.5 Å². The van der Waals surface area contributed by atoms with Crippen molar-refractivity contribution in [2.45, 2.75) is 20.1 Å². The average Bonchev–Trinajstić information content (AvgIpc) is 2.89. The number of hydrogen-bond acceptors (Lipinski definition) is 3. The van der Waals surface area contributed by atoms with Crippen molar-refractivity contribution in [3.05, 3.63) is 52.0 Å². The predicted octanol–water partition coefficient (Wildman–Crippen LogP) is 3.41. The third-order valence-electron chi connectivity index (χ3n) is 2.84. The highest BCUT2D eigenvalue weighted by Crippen LogP contribution is 2.23. The minimum Gasteiger partial charge on any atom is -0.392 e. The monoisotopic (exact) mass is 265 g/mol. The Morgan fingerprint density at radius 2 is 2.17 bits per heavy atom. The Labute approximate surface area is 110 Å². The molecule has 0 aliphatic heterocycles. The number of hydrogen-bond donors (Lipinski definition) is 1. The molecule has 0 spiro atoms. The molecule has 0 aliphatic rings. The van der Waals surface area contributed by atoms with E-state index < -0.39 is 0 Å². The van der Waals surface area contributed by atoms with Crippen molar-refractivity contribution in [1.82, 2.24) is 0 Å². The van der Waals surface area contributed by atoms with E-state index in [0.717, 1.165) is 6.54 Å². The van der Waals surface area contributed by atoms with E-state index in [0.29, 0.717) is 17.8 Å². The Morgan fingerprint density at radius 3 is 2.72 bits per heavy atom. The molecule has 1 N–H and O–H groups in total. The molecule has 1 heterocycles. The molecule has 1 aromatic heterocycles. The molecule has 96 valence electrons. The fraction of sp³-hybridized carbons (Fsp3) is 0.286. The Kier molecular flexibility index (Phi) is 4.33. The molecule has 4 heteroatoms. The van der Waals surface area contributed by atoms with E-state index in [1.165, 1.54) is 10.9 Å². The summed E-state index contributed by atoms with van der Waals surface area (Å²) in [7, 11) is 0. The quantitative estimate of drug-likeness (QED) is 0.895. The number of rotatable bonds is 5. The second kappa shape index (κ2) is 5.98. The number of benzene rings is 1. The van der Waals surface area contributed by atoms with Gasteiger partial charge in [0, 0.05) is 11.4 Å². The van der Waals surface area contributed by atoms with E-state index in [1.807, 2.05) is 29.3 Å². The number of thiophene rings is 1. The van der Waals surface area contributed by atoms with Crippen molar-refractivity contribution in [2.24, 2.45) is 0 Å². The first-order valence-corrected chi connectivity index (χ1v) is 6.79. The van der Waals surface area contributed by atoms with Crippen LogP contribution in [0.2, 0.25) is 0 Å². The zero-order valence-electron chi connectivity index (χ0n) is 10.3. The van der Waals surface area contributed by atoms with Gasteiger partial charge in [-0.3, -0.25) is 0 Å². The lowest BCUT2D eigenvalue weighted by atomic mass is 10.2. The maximum atomic E-state index is 14.0. The smallest absolute Gasteiger partial charge is 0.146 e. The van der Waals surface area contributed by atoms with Gasteiger partial charge in [-0.25, -0.2) is 4.39 Å². The topological polar surface area (TPSA) is 23.5 Å². The SMILES string of the molecule is CCN(Cc1cccs1)c1ccc(CO)cc1F. The fourth-order valence-corrected chi connectivity index (χ4v) is 2.58. The van der Waals surface area contributed by atoms with Gasteiger partial charge in [-0.2, -0.15) is 0 Å². The van der Waals surface area contributed by atoms with Gasteiger partial charge in [0.1, 0.15) is 5.82 Å². The van der Waals surface area contributed by atoms with Crippen LogP contribution in [0.5, 0.6) is 0 Å². The maximum absolute atomic E-state index is 14.0. The van der Waals surface area contributed by atoms with Gasteiger partial charge in [-0.05, 0) is 36.1 Å². The highest BCUT2D eigenvalue weighted by Gasteiger charge is 2.11. The van der Waals surface area contributed by atoms with Gasteiger partial charge in [-0.1, -0.05) is 12.1 Å². The van der Waals surface area contributed by atoms with Crippen molar-refractivity contribution in [2.75, 3.05) is 11.4 Å².